The minimum Gasteiger partial charge on any atom is -0.744 e. The fourth-order valence-electron chi connectivity index (χ4n) is 5.06. The normalized spacial score (nSPS) is 11.6. The summed E-state index contributed by atoms with van der Waals surface area (Å²) in [5.74, 6) is 0.217. The molecule has 0 bridgehead atoms. The third-order valence-corrected chi connectivity index (χ3v) is 8.28. The molecule has 3 aromatic carbocycles. The second kappa shape index (κ2) is 20.8. The maximum absolute atomic E-state index is 12.6. The van der Waals surface area contributed by atoms with Gasteiger partial charge in [-0.2, -0.15) is 5.11 Å². The molecule has 0 aliphatic rings. The molecule has 0 radical (unpaired) electrons. The number of benzene rings is 3. The van der Waals surface area contributed by atoms with Gasteiger partial charge in [0.15, 0.2) is 0 Å². The van der Waals surface area contributed by atoms with E-state index in [1.165, 1.54) is 95.2 Å². The Labute approximate surface area is 280 Å². The first-order valence-corrected chi connectivity index (χ1v) is 17.0. The second-order valence-electron chi connectivity index (χ2n) is 11.0. The van der Waals surface area contributed by atoms with Crippen molar-refractivity contribution < 1.29 is 52.1 Å². The SMILES string of the molecule is CCCCCCCCCCCCCCCCCC(=O)Oc1ccc(N=Nc2cccc(S(=O)(=O)[O-])c2)c2ccccc12.[Na+]. The number of rotatable bonds is 20. The number of azo groups is 1. The second-order valence-corrected chi connectivity index (χ2v) is 12.3. The van der Waals surface area contributed by atoms with Gasteiger partial charge in [-0.15, -0.1) is 5.11 Å². The predicted molar refractivity (Wildman–Crippen MR) is 168 cm³/mol. The number of carbonyl (C=O) groups is 1. The van der Waals surface area contributed by atoms with E-state index >= 15 is 0 Å². The minimum absolute atomic E-state index is 0. The molecule has 43 heavy (non-hydrogen) atoms. The number of fused-ring (bicyclic) bond motifs is 1. The summed E-state index contributed by atoms with van der Waals surface area (Å²) >= 11 is 0. The van der Waals surface area contributed by atoms with Crippen LogP contribution in [0.5, 0.6) is 5.75 Å². The van der Waals surface area contributed by atoms with Gasteiger partial charge in [0.2, 0.25) is 0 Å². The van der Waals surface area contributed by atoms with Crippen LogP contribution >= 0.6 is 0 Å². The van der Waals surface area contributed by atoms with Crippen molar-refractivity contribution in [1.82, 2.24) is 0 Å². The first kappa shape index (κ1) is 37.1. The molecular formula is C34H45N2NaO5S. The molecule has 0 aromatic heterocycles. The molecule has 3 rings (SSSR count). The molecule has 0 spiro atoms. The van der Waals surface area contributed by atoms with Crippen molar-refractivity contribution in [3.8, 4) is 5.75 Å². The van der Waals surface area contributed by atoms with E-state index in [2.05, 4.69) is 17.2 Å². The molecule has 3 aromatic rings. The van der Waals surface area contributed by atoms with Crippen LogP contribution in [0, 0.1) is 0 Å². The molecule has 0 aliphatic carbocycles. The topological polar surface area (TPSA) is 108 Å². The van der Waals surface area contributed by atoms with Gasteiger partial charge in [0.25, 0.3) is 0 Å². The standard InChI is InChI=1S/C34H46N2O5S.Na/c1-2-3-4-5-6-7-8-9-10-11-12-13-14-15-16-24-34(37)41-33-26-25-32(30-22-17-18-23-31(30)33)36-35-28-20-19-21-29(27-28)42(38,39)40;/h17-23,25-27H,2-16,24H2,1H3,(H,38,39,40);/q;+1/p-1. The molecule has 0 heterocycles. The number of ether oxygens (including phenoxy) is 1. The van der Waals surface area contributed by atoms with E-state index in [4.69, 9.17) is 4.74 Å². The molecule has 0 atom stereocenters. The maximum Gasteiger partial charge on any atom is 1.00 e. The molecule has 0 saturated heterocycles. The molecule has 0 N–H and O–H groups in total. The Morgan fingerprint density at radius 3 is 1.84 bits per heavy atom. The van der Waals surface area contributed by atoms with Crippen LogP contribution < -0.4 is 34.3 Å². The van der Waals surface area contributed by atoms with Crippen molar-refractivity contribution in [2.24, 2.45) is 10.2 Å². The van der Waals surface area contributed by atoms with E-state index in [0.717, 1.165) is 30.0 Å². The van der Waals surface area contributed by atoms with Gasteiger partial charge in [0.05, 0.1) is 16.3 Å². The van der Waals surface area contributed by atoms with Crippen LogP contribution in [-0.2, 0) is 14.9 Å². The summed E-state index contributed by atoms with van der Waals surface area (Å²) in [6.07, 6.45) is 19.6. The van der Waals surface area contributed by atoms with Gasteiger partial charge in [-0.3, -0.25) is 4.79 Å². The third-order valence-electron chi connectivity index (χ3n) is 7.45. The van der Waals surface area contributed by atoms with Crippen molar-refractivity contribution in [1.29, 1.82) is 0 Å². The Bertz CT molecular complexity index is 1390. The number of esters is 1. The summed E-state index contributed by atoms with van der Waals surface area (Å²) < 4.78 is 39.6. The molecule has 9 heteroatoms. The third kappa shape index (κ3) is 14.0. The maximum atomic E-state index is 12.6. The largest absolute Gasteiger partial charge is 1.00 e. The summed E-state index contributed by atoms with van der Waals surface area (Å²) in [5.41, 5.74) is 0.776. The molecule has 0 unspecified atom stereocenters. The van der Waals surface area contributed by atoms with E-state index in [9.17, 15) is 17.8 Å². The van der Waals surface area contributed by atoms with Crippen LogP contribution in [0.25, 0.3) is 10.8 Å². The van der Waals surface area contributed by atoms with E-state index in [1.54, 1.807) is 18.2 Å². The fraction of sp³-hybridized carbons (Fsp3) is 0.500. The van der Waals surface area contributed by atoms with Crippen LogP contribution in [0.1, 0.15) is 110 Å². The summed E-state index contributed by atoms with van der Waals surface area (Å²) in [5, 5.41) is 9.84. The van der Waals surface area contributed by atoms with Crippen LogP contribution in [0.3, 0.4) is 0 Å². The molecule has 7 nitrogen and oxygen atoms in total. The first-order chi connectivity index (χ1) is 20.4. The van der Waals surface area contributed by atoms with Crippen LogP contribution in [0.15, 0.2) is 75.8 Å². The quantitative estimate of drug-likeness (QED) is 0.0330. The van der Waals surface area contributed by atoms with E-state index < -0.39 is 10.1 Å². The zero-order valence-corrected chi connectivity index (χ0v) is 28.7. The molecule has 0 amide bonds. The molecule has 0 aliphatic heterocycles. The summed E-state index contributed by atoms with van der Waals surface area (Å²) in [4.78, 5) is 12.2. The Hall–Kier alpha value is -2.10. The number of nitrogens with zero attached hydrogens (tertiary/aromatic N) is 2. The van der Waals surface area contributed by atoms with Crippen molar-refractivity contribution in [2.45, 2.75) is 115 Å². The van der Waals surface area contributed by atoms with E-state index in [0.29, 0.717) is 17.9 Å². The van der Waals surface area contributed by atoms with Gasteiger partial charge in [-0.1, -0.05) is 127 Å². The zero-order chi connectivity index (χ0) is 30.0. The minimum atomic E-state index is -4.58. The van der Waals surface area contributed by atoms with Gasteiger partial charge in [0.1, 0.15) is 15.9 Å². The summed E-state index contributed by atoms with van der Waals surface area (Å²) in [6, 6.07) is 16.2. The van der Waals surface area contributed by atoms with Crippen molar-refractivity contribution in [3.05, 3.63) is 60.7 Å². The Morgan fingerprint density at radius 1 is 0.698 bits per heavy atom. The zero-order valence-electron chi connectivity index (χ0n) is 25.9. The van der Waals surface area contributed by atoms with Crippen molar-refractivity contribution in [2.75, 3.05) is 0 Å². The van der Waals surface area contributed by atoms with E-state index in [1.807, 2.05) is 24.3 Å². The van der Waals surface area contributed by atoms with Gasteiger partial charge < -0.3 is 9.29 Å². The summed E-state index contributed by atoms with van der Waals surface area (Å²) in [6.45, 7) is 2.26. The first-order valence-electron chi connectivity index (χ1n) is 15.6. The molecular weight excluding hydrogens is 571 g/mol. The average Bonchev–Trinajstić information content (AvgIpc) is 2.98. The smallest absolute Gasteiger partial charge is 0.744 e. The van der Waals surface area contributed by atoms with Crippen LogP contribution in [-0.4, -0.2) is 18.9 Å². The Morgan fingerprint density at radius 2 is 1.26 bits per heavy atom. The number of unbranched alkanes of at least 4 members (excludes halogenated alkanes) is 14. The van der Waals surface area contributed by atoms with Crippen LogP contribution in [0.4, 0.5) is 11.4 Å². The van der Waals surface area contributed by atoms with Gasteiger partial charge in [-0.25, -0.2) is 8.42 Å². The van der Waals surface area contributed by atoms with Gasteiger partial charge >= 0.3 is 35.5 Å². The average molecular weight is 617 g/mol. The molecule has 228 valence electrons. The fourth-order valence-corrected chi connectivity index (χ4v) is 5.57. The Kier molecular flexibility index (Phi) is 17.9. The van der Waals surface area contributed by atoms with Gasteiger partial charge in [-0.05, 0) is 36.8 Å². The van der Waals surface area contributed by atoms with Gasteiger partial charge in [0, 0.05) is 17.2 Å². The monoisotopic (exact) mass is 616 g/mol. The molecule has 0 saturated carbocycles. The van der Waals surface area contributed by atoms with E-state index in [-0.39, 0.29) is 46.1 Å². The summed E-state index contributed by atoms with van der Waals surface area (Å²) in [7, 11) is -4.58. The predicted octanol–water partition coefficient (Wildman–Crippen LogP) is 7.33. The van der Waals surface area contributed by atoms with Crippen molar-refractivity contribution >= 4 is 38.2 Å². The van der Waals surface area contributed by atoms with Crippen LogP contribution in [0.2, 0.25) is 0 Å². The van der Waals surface area contributed by atoms with Crippen molar-refractivity contribution in [3.63, 3.8) is 0 Å². The Balaban J connectivity index is 0.00000645. The number of hydrogen-bond donors (Lipinski definition) is 0. The molecule has 0 fully saturated rings. The number of hydrogen-bond acceptors (Lipinski definition) is 7. The number of carbonyl (C=O) groups excluding carboxylic acids is 1.